The fourth-order valence-electron chi connectivity index (χ4n) is 2.45. The van der Waals surface area contributed by atoms with E-state index in [-0.39, 0.29) is 12.5 Å². The maximum atomic E-state index is 11.4. The van der Waals surface area contributed by atoms with Crippen LogP contribution in [0.25, 0.3) is 0 Å². The molecule has 1 fully saturated rings. The van der Waals surface area contributed by atoms with Gasteiger partial charge in [0.25, 0.3) is 0 Å². The molecule has 0 radical (unpaired) electrons. The second-order valence-corrected chi connectivity index (χ2v) is 5.23. The van der Waals surface area contributed by atoms with E-state index in [0.717, 1.165) is 37.6 Å². The van der Waals surface area contributed by atoms with Crippen LogP contribution < -0.4 is 10.2 Å². The Balaban J connectivity index is 2.01. The first-order chi connectivity index (χ1) is 10.1. The number of piperazine rings is 1. The third-order valence-corrected chi connectivity index (χ3v) is 3.71. The van der Waals surface area contributed by atoms with Crippen molar-refractivity contribution >= 4 is 17.3 Å². The summed E-state index contributed by atoms with van der Waals surface area (Å²) in [5.41, 5.74) is 1.99. The van der Waals surface area contributed by atoms with Gasteiger partial charge in [-0.15, -0.1) is 0 Å². The van der Waals surface area contributed by atoms with Gasteiger partial charge in [-0.25, -0.2) is 0 Å². The molecule has 6 nitrogen and oxygen atoms in total. The molecule has 0 bridgehead atoms. The molecule has 1 aromatic carbocycles. The highest BCUT2D eigenvalue weighted by Crippen LogP contribution is 2.26. The minimum Gasteiger partial charge on any atom is -0.394 e. The van der Waals surface area contributed by atoms with Crippen LogP contribution in [0, 0.1) is 0 Å². The van der Waals surface area contributed by atoms with Gasteiger partial charge in [-0.1, -0.05) is 12.1 Å². The summed E-state index contributed by atoms with van der Waals surface area (Å²) in [6.07, 6.45) is -0.771. The fraction of sp³-hybridized carbons (Fsp3) is 0.533. The Morgan fingerprint density at radius 1 is 1.29 bits per heavy atom. The highest BCUT2D eigenvalue weighted by molar-refractivity contribution is 5.74. The Morgan fingerprint density at radius 3 is 2.57 bits per heavy atom. The van der Waals surface area contributed by atoms with Crippen LogP contribution in [0.15, 0.2) is 24.3 Å². The Morgan fingerprint density at radius 2 is 1.95 bits per heavy atom. The van der Waals surface area contributed by atoms with E-state index in [1.54, 1.807) is 6.92 Å². The summed E-state index contributed by atoms with van der Waals surface area (Å²) in [4.78, 5) is 15.4. The molecule has 0 saturated carbocycles. The number of rotatable bonds is 5. The zero-order valence-corrected chi connectivity index (χ0v) is 12.3. The number of hydrogen-bond acceptors (Lipinski definition) is 5. The molecule has 1 atom stereocenters. The number of benzene rings is 1. The van der Waals surface area contributed by atoms with Crippen molar-refractivity contribution in [3.63, 3.8) is 0 Å². The average Bonchev–Trinajstić information content (AvgIpc) is 2.53. The third kappa shape index (κ3) is 4.09. The van der Waals surface area contributed by atoms with Crippen molar-refractivity contribution in [1.82, 2.24) is 4.90 Å². The normalized spacial score (nSPS) is 16.7. The van der Waals surface area contributed by atoms with Crippen LogP contribution in [-0.4, -0.2) is 66.5 Å². The highest BCUT2D eigenvalue weighted by Gasteiger charge is 2.20. The number of hydrogen-bond donors (Lipinski definition) is 3. The van der Waals surface area contributed by atoms with E-state index in [2.05, 4.69) is 10.2 Å². The van der Waals surface area contributed by atoms with E-state index in [1.807, 2.05) is 29.2 Å². The summed E-state index contributed by atoms with van der Waals surface area (Å²) in [7, 11) is 0. The second kappa shape index (κ2) is 7.28. The predicted octanol–water partition coefficient (Wildman–Crippen LogP) is 0.120. The van der Waals surface area contributed by atoms with Crippen molar-refractivity contribution in [2.75, 3.05) is 49.5 Å². The molecule has 1 saturated heterocycles. The number of nitrogens with zero attached hydrogens (tertiary/aromatic N) is 2. The maximum Gasteiger partial charge on any atom is 0.219 e. The molecular weight excluding hydrogens is 270 g/mol. The number of aliphatic hydroxyl groups is 2. The Kier molecular flexibility index (Phi) is 5.41. The van der Waals surface area contributed by atoms with Gasteiger partial charge in [-0.3, -0.25) is 4.79 Å². The van der Waals surface area contributed by atoms with Crippen molar-refractivity contribution in [1.29, 1.82) is 0 Å². The van der Waals surface area contributed by atoms with Crippen molar-refractivity contribution in [3.8, 4) is 0 Å². The number of amides is 1. The fourth-order valence-corrected chi connectivity index (χ4v) is 2.45. The van der Waals surface area contributed by atoms with Crippen LogP contribution in [0.3, 0.4) is 0 Å². The molecule has 2 rings (SSSR count). The first-order valence-corrected chi connectivity index (χ1v) is 7.24. The van der Waals surface area contributed by atoms with Crippen molar-refractivity contribution in [2.45, 2.75) is 13.0 Å². The predicted molar refractivity (Wildman–Crippen MR) is 82.5 cm³/mol. The smallest absolute Gasteiger partial charge is 0.219 e. The summed E-state index contributed by atoms with van der Waals surface area (Å²) in [5, 5.41) is 21.5. The van der Waals surface area contributed by atoms with Gasteiger partial charge in [-0.2, -0.15) is 0 Å². The molecule has 3 N–H and O–H groups in total. The molecule has 1 unspecified atom stereocenters. The molecule has 1 amide bonds. The van der Waals surface area contributed by atoms with Crippen LogP contribution in [0.2, 0.25) is 0 Å². The zero-order chi connectivity index (χ0) is 15.2. The van der Waals surface area contributed by atoms with E-state index in [0.29, 0.717) is 6.54 Å². The lowest BCUT2D eigenvalue weighted by molar-refractivity contribution is -0.129. The van der Waals surface area contributed by atoms with Gasteiger partial charge >= 0.3 is 0 Å². The van der Waals surface area contributed by atoms with E-state index in [1.165, 1.54) is 0 Å². The number of carbonyl (C=O) groups is 1. The van der Waals surface area contributed by atoms with Gasteiger partial charge in [0.1, 0.15) is 0 Å². The Hall–Kier alpha value is -1.79. The van der Waals surface area contributed by atoms with Gasteiger partial charge in [0, 0.05) is 39.6 Å². The van der Waals surface area contributed by atoms with Crippen LogP contribution in [0.1, 0.15) is 6.92 Å². The molecule has 21 heavy (non-hydrogen) atoms. The van der Waals surface area contributed by atoms with E-state index >= 15 is 0 Å². The zero-order valence-electron chi connectivity index (χ0n) is 12.3. The highest BCUT2D eigenvalue weighted by atomic mass is 16.3. The first-order valence-electron chi connectivity index (χ1n) is 7.24. The van der Waals surface area contributed by atoms with E-state index in [4.69, 9.17) is 5.11 Å². The van der Waals surface area contributed by atoms with Gasteiger partial charge in [-0.05, 0) is 12.1 Å². The molecule has 0 aromatic heterocycles. The monoisotopic (exact) mass is 293 g/mol. The molecule has 1 heterocycles. The Labute approximate surface area is 125 Å². The molecule has 116 valence electrons. The van der Waals surface area contributed by atoms with Crippen molar-refractivity contribution in [2.24, 2.45) is 0 Å². The van der Waals surface area contributed by atoms with Gasteiger partial charge in [0.2, 0.25) is 5.91 Å². The van der Waals surface area contributed by atoms with Gasteiger partial charge in [0.05, 0.1) is 24.1 Å². The molecule has 0 aliphatic carbocycles. The number of carbonyl (C=O) groups excluding carboxylic acids is 1. The third-order valence-electron chi connectivity index (χ3n) is 3.71. The summed E-state index contributed by atoms with van der Waals surface area (Å²) in [6, 6.07) is 7.89. The molecule has 1 aliphatic heterocycles. The van der Waals surface area contributed by atoms with Crippen LogP contribution in [-0.2, 0) is 4.79 Å². The van der Waals surface area contributed by atoms with Gasteiger partial charge < -0.3 is 25.3 Å². The number of para-hydroxylation sites is 2. The maximum absolute atomic E-state index is 11.4. The molecule has 0 spiro atoms. The SMILES string of the molecule is CC(=O)N1CCN(c2ccccc2NCC(O)CO)CC1. The van der Waals surface area contributed by atoms with Crippen LogP contribution in [0.5, 0.6) is 0 Å². The van der Waals surface area contributed by atoms with Crippen molar-refractivity contribution < 1.29 is 15.0 Å². The topological polar surface area (TPSA) is 76.0 Å². The van der Waals surface area contributed by atoms with E-state index in [9.17, 15) is 9.90 Å². The van der Waals surface area contributed by atoms with Gasteiger partial charge in [0.15, 0.2) is 0 Å². The number of nitrogens with one attached hydrogen (secondary N) is 1. The lowest BCUT2D eigenvalue weighted by Gasteiger charge is -2.36. The van der Waals surface area contributed by atoms with Crippen molar-refractivity contribution in [3.05, 3.63) is 24.3 Å². The molecule has 1 aliphatic rings. The van der Waals surface area contributed by atoms with E-state index < -0.39 is 6.10 Å². The summed E-state index contributed by atoms with van der Waals surface area (Å²) < 4.78 is 0. The largest absolute Gasteiger partial charge is 0.394 e. The minimum atomic E-state index is -0.771. The first kappa shape index (κ1) is 15.6. The molecular formula is C15H23N3O3. The molecule has 1 aromatic rings. The minimum absolute atomic E-state index is 0.118. The summed E-state index contributed by atoms with van der Waals surface area (Å²) in [6.45, 7) is 4.68. The van der Waals surface area contributed by atoms with Crippen LogP contribution >= 0.6 is 0 Å². The lowest BCUT2D eigenvalue weighted by Crippen LogP contribution is -2.48. The number of aliphatic hydroxyl groups excluding tert-OH is 2. The standard InChI is InChI=1S/C15H23N3O3/c1-12(20)17-6-8-18(9-7-17)15-5-3-2-4-14(15)16-10-13(21)11-19/h2-5,13,16,19,21H,6-11H2,1H3. The second-order valence-electron chi connectivity index (χ2n) is 5.23. The lowest BCUT2D eigenvalue weighted by atomic mass is 10.2. The Bertz CT molecular complexity index is 473. The molecule has 6 heteroatoms. The van der Waals surface area contributed by atoms with Crippen LogP contribution in [0.4, 0.5) is 11.4 Å². The quantitative estimate of drug-likeness (QED) is 0.719. The number of anilines is 2. The summed E-state index contributed by atoms with van der Waals surface area (Å²) in [5.74, 6) is 0.118. The average molecular weight is 293 g/mol. The summed E-state index contributed by atoms with van der Waals surface area (Å²) >= 11 is 0.